The van der Waals surface area contributed by atoms with Crippen molar-refractivity contribution in [2.45, 2.75) is 17.5 Å². The van der Waals surface area contributed by atoms with E-state index in [1.807, 2.05) is 12.1 Å². The largest absolute Gasteiger partial charge is 0.454 e. The number of rotatable bonds is 5. The number of nitrogens with zero attached hydrogens (tertiary/aromatic N) is 4. The van der Waals surface area contributed by atoms with E-state index >= 15 is 0 Å². The van der Waals surface area contributed by atoms with E-state index in [0.29, 0.717) is 28.0 Å². The van der Waals surface area contributed by atoms with E-state index in [2.05, 4.69) is 20.9 Å². The maximum Gasteiger partial charge on any atom is 0.332 e. The Hall–Kier alpha value is -3.05. The minimum absolute atomic E-state index is 0.0985. The molecule has 0 saturated heterocycles. The first-order valence-corrected chi connectivity index (χ1v) is 11.7. The molecule has 0 spiro atoms. The Morgan fingerprint density at radius 1 is 1.09 bits per heavy atom. The Morgan fingerprint density at radius 2 is 1.82 bits per heavy atom. The van der Waals surface area contributed by atoms with Crippen molar-refractivity contribution in [2.24, 2.45) is 14.1 Å². The number of fused-ring (bicyclic) bond motifs is 2. The van der Waals surface area contributed by atoms with Crippen molar-refractivity contribution in [3.8, 4) is 11.5 Å². The number of aryl methyl sites for hydroxylation is 1. The Kier molecular flexibility index (Phi) is 5.53. The van der Waals surface area contributed by atoms with Crippen LogP contribution in [0.4, 0.5) is 4.39 Å². The second-order valence-electron chi connectivity index (χ2n) is 7.54. The molecule has 0 saturated carbocycles. The van der Waals surface area contributed by atoms with E-state index in [0.717, 1.165) is 14.6 Å². The van der Waals surface area contributed by atoms with E-state index < -0.39 is 11.2 Å². The zero-order valence-corrected chi connectivity index (χ0v) is 20.1. The van der Waals surface area contributed by atoms with Gasteiger partial charge in [0.05, 0.1) is 6.54 Å². The number of ether oxygens (including phenoxy) is 2. The second-order valence-corrected chi connectivity index (χ2v) is 9.33. The monoisotopic (exact) mass is 532 g/mol. The van der Waals surface area contributed by atoms with Crippen LogP contribution in [-0.2, 0) is 26.4 Å². The number of hydrogen-bond donors (Lipinski definition) is 0. The molecule has 4 aromatic rings. The van der Waals surface area contributed by atoms with E-state index in [4.69, 9.17) is 9.47 Å². The van der Waals surface area contributed by atoms with Crippen LogP contribution in [0.15, 0.2) is 55.6 Å². The standard InChI is InChI=1S/C22H18BrFN4O4S/c1-26-19-18(20(29)27(2)22(26)30)28(9-12-5-3-4-6-15(12)24)21(25-19)33-10-13-7-16-17(8-14(13)23)32-11-31-16/h3-8H,9-11H2,1-2H3. The highest BCUT2D eigenvalue weighted by molar-refractivity contribution is 9.10. The zero-order valence-electron chi connectivity index (χ0n) is 17.7. The smallest absolute Gasteiger partial charge is 0.332 e. The maximum atomic E-state index is 14.5. The molecule has 11 heteroatoms. The molecule has 3 heterocycles. The number of benzene rings is 2. The molecule has 1 aliphatic heterocycles. The van der Waals surface area contributed by atoms with Crippen LogP contribution in [0.5, 0.6) is 11.5 Å². The summed E-state index contributed by atoms with van der Waals surface area (Å²) >= 11 is 4.94. The van der Waals surface area contributed by atoms with Crippen molar-refractivity contribution in [1.29, 1.82) is 0 Å². The Balaban J connectivity index is 1.61. The predicted molar refractivity (Wildman–Crippen MR) is 126 cm³/mol. The van der Waals surface area contributed by atoms with Gasteiger partial charge in [0.15, 0.2) is 27.8 Å². The third-order valence-electron chi connectivity index (χ3n) is 5.50. The van der Waals surface area contributed by atoms with Crippen LogP contribution in [0.1, 0.15) is 11.1 Å². The summed E-state index contributed by atoms with van der Waals surface area (Å²) in [6.45, 7) is 0.273. The van der Waals surface area contributed by atoms with Crippen LogP contribution in [-0.4, -0.2) is 25.5 Å². The fraction of sp³-hybridized carbons (Fsp3) is 0.227. The second kappa shape index (κ2) is 8.38. The minimum atomic E-state index is -0.479. The lowest BCUT2D eigenvalue weighted by molar-refractivity contribution is 0.174. The SMILES string of the molecule is Cn1c(=O)c2c(nc(SCc3cc4c(cc3Br)OCO4)n2Cc2ccccc2F)n(C)c1=O. The first-order valence-electron chi connectivity index (χ1n) is 9.95. The van der Waals surface area contributed by atoms with Gasteiger partial charge in [0.2, 0.25) is 6.79 Å². The summed E-state index contributed by atoms with van der Waals surface area (Å²) < 4.78 is 30.2. The lowest BCUT2D eigenvalue weighted by Gasteiger charge is -2.11. The molecule has 2 aromatic carbocycles. The third kappa shape index (κ3) is 3.74. The Bertz CT molecular complexity index is 1530. The van der Waals surface area contributed by atoms with Gasteiger partial charge in [0.25, 0.3) is 5.56 Å². The maximum absolute atomic E-state index is 14.5. The molecule has 0 N–H and O–H groups in total. The van der Waals surface area contributed by atoms with Gasteiger partial charge in [-0.15, -0.1) is 0 Å². The lowest BCUT2D eigenvalue weighted by Crippen LogP contribution is -2.37. The molecule has 0 amide bonds. The molecule has 0 atom stereocenters. The van der Waals surface area contributed by atoms with Crippen LogP contribution in [0.25, 0.3) is 11.2 Å². The zero-order chi connectivity index (χ0) is 23.3. The van der Waals surface area contributed by atoms with Crippen molar-refractivity contribution in [3.63, 3.8) is 0 Å². The van der Waals surface area contributed by atoms with Gasteiger partial charge in [0, 0.05) is 29.9 Å². The molecule has 1 aliphatic rings. The van der Waals surface area contributed by atoms with Crippen LogP contribution >= 0.6 is 27.7 Å². The van der Waals surface area contributed by atoms with Crippen molar-refractivity contribution in [1.82, 2.24) is 18.7 Å². The van der Waals surface area contributed by atoms with Gasteiger partial charge in [-0.25, -0.2) is 14.2 Å². The van der Waals surface area contributed by atoms with E-state index in [1.165, 1.54) is 29.4 Å². The van der Waals surface area contributed by atoms with Crippen molar-refractivity contribution in [3.05, 3.63) is 78.7 Å². The molecule has 5 rings (SSSR count). The van der Waals surface area contributed by atoms with Gasteiger partial charge >= 0.3 is 5.69 Å². The van der Waals surface area contributed by atoms with Gasteiger partial charge < -0.3 is 14.0 Å². The Labute approximate surface area is 199 Å². The van der Waals surface area contributed by atoms with Crippen molar-refractivity contribution >= 4 is 38.9 Å². The molecule has 0 fully saturated rings. The van der Waals surface area contributed by atoms with Gasteiger partial charge in [-0.2, -0.15) is 0 Å². The average molecular weight is 533 g/mol. The normalized spacial score (nSPS) is 12.6. The molecular formula is C22H18BrFN4O4S. The summed E-state index contributed by atoms with van der Waals surface area (Å²) in [4.78, 5) is 30.1. The molecule has 0 radical (unpaired) electrons. The van der Waals surface area contributed by atoms with E-state index in [1.54, 1.807) is 29.8 Å². The lowest BCUT2D eigenvalue weighted by atomic mass is 10.2. The molecule has 33 heavy (non-hydrogen) atoms. The molecule has 2 aromatic heterocycles. The summed E-state index contributed by atoms with van der Waals surface area (Å²) in [5.74, 6) is 1.44. The van der Waals surface area contributed by atoms with E-state index in [-0.39, 0.29) is 30.3 Å². The van der Waals surface area contributed by atoms with Gasteiger partial charge in [-0.3, -0.25) is 13.9 Å². The van der Waals surface area contributed by atoms with Gasteiger partial charge in [0.1, 0.15) is 5.82 Å². The molecular weight excluding hydrogens is 515 g/mol. The number of hydrogen-bond acceptors (Lipinski definition) is 6. The number of imidazole rings is 1. The van der Waals surface area contributed by atoms with Crippen LogP contribution < -0.4 is 20.7 Å². The molecule has 0 aliphatic carbocycles. The summed E-state index contributed by atoms with van der Waals surface area (Å²) in [5.41, 5.74) is 0.905. The number of halogens is 2. The summed E-state index contributed by atoms with van der Waals surface area (Å²) in [7, 11) is 2.98. The molecule has 170 valence electrons. The molecule has 0 bridgehead atoms. The quantitative estimate of drug-likeness (QED) is 0.366. The highest BCUT2D eigenvalue weighted by Crippen LogP contribution is 2.39. The van der Waals surface area contributed by atoms with Crippen molar-refractivity contribution in [2.75, 3.05) is 6.79 Å². The van der Waals surface area contributed by atoms with Crippen molar-refractivity contribution < 1.29 is 13.9 Å². The fourth-order valence-corrected chi connectivity index (χ4v) is 5.33. The van der Waals surface area contributed by atoms with Gasteiger partial charge in [-0.1, -0.05) is 45.9 Å². The van der Waals surface area contributed by atoms with Crippen LogP contribution in [0.2, 0.25) is 0 Å². The first-order chi connectivity index (χ1) is 15.8. The fourth-order valence-electron chi connectivity index (χ4n) is 3.69. The van der Waals surface area contributed by atoms with Gasteiger partial charge in [-0.05, 0) is 23.8 Å². The van der Waals surface area contributed by atoms with Crippen LogP contribution in [0.3, 0.4) is 0 Å². The van der Waals surface area contributed by atoms with Crippen LogP contribution in [0, 0.1) is 5.82 Å². The predicted octanol–water partition coefficient (Wildman–Crippen LogP) is 3.40. The topological polar surface area (TPSA) is 80.3 Å². The highest BCUT2D eigenvalue weighted by Gasteiger charge is 2.22. The summed E-state index contributed by atoms with van der Waals surface area (Å²) in [6.07, 6.45) is 0. The first kappa shape index (κ1) is 21.8. The highest BCUT2D eigenvalue weighted by atomic mass is 79.9. The van der Waals surface area contributed by atoms with E-state index in [9.17, 15) is 14.0 Å². The third-order valence-corrected chi connectivity index (χ3v) is 7.26. The number of aromatic nitrogens is 4. The molecule has 8 nitrogen and oxygen atoms in total. The Morgan fingerprint density at radius 3 is 2.58 bits per heavy atom. The molecule has 0 unspecified atom stereocenters. The average Bonchev–Trinajstić information content (AvgIpc) is 3.40. The number of thioether (sulfide) groups is 1. The summed E-state index contributed by atoms with van der Waals surface area (Å²) in [5, 5.41) is 0.496. The summed E-state index contributed by atoms with van der Waals surface area (Å²) in [6, 6.07) is 10.1. The minimum Gasteiger partial charge on any atom is -0.454 e.